The number of guanidine groups is 1. The van der Waals surface area contributed by atoms with Gasteiger partial charge in [0.1, 0.15) is 0 Å². The zero-order valence-electron chi connectivity index (χ0n) is 16.9. The fourth-order valence-electron chi connectivity index (χ4n) is 3.60. The lowest BCUT2D eigenvalue weighted by Gasteiger charge is -2.32. The minimum absolute atomic E-state index is 0. The summed E-state index contributed by atoms with van der Waals surface area (Å²) in [5.74, 6) is 1.37. The summed E-state index contributed by atoms with van der Waals surface area (Å²) < 4.78 is 5.08. The van der Waals surface area contributed by atoms with Crippen molar-refractivity contribution in [1.82, 2.24) is 10.2 Å². The average molecular weight is 488 g/mol. The van der Waals surface area contributed by atoms with Crippen molar-refractivity contribution in [2.45, 2.75) is 45.1 Å². The van der Waals surface area contributed by atoms with Gasteiger partial charge in [-0.05, 0) is 70.1 Å². The number of rotatable bonds is 10. The zero-order valence-corrected chi connectivity index (χ0v) is 19.2. The van der Waals surface area contributed by atoms with Crippen molar-refractivity contribution in [1.29, 1.82) is 0 Å². The maximum atomic E-state index is 5.88. The molecule has 6 heteroatoms. The smallest absolute Gasteiger partial charge is 0.188 e. The third-order valence-electron chi connectivity index (χ3n) is 5.05. The first-order valence-corrected chi connectivity index (χ1v) is 9.99. The van der Waals surface area contributed by atoms with Crippen molar-refractivity contribution < 1.29 is 4.74 Å². The lowest BCUT2D eigenvalue weighted by Crippen LogP contribution is -2.40. The van der Waals surface area contributed by atoms with E-state index in [2.05, 4.69) is 45.5 Å². The van der Waals surface area contributed by atoms with E-state index in [-0.39, 0.29) is 30.0 Å². The van der Waals surface area contributed by atoms with Crippen molar-refractivity contribution in [2.75, 3.05) is 39.9 Å². The molecule has 27 heavy (non-hydrogen) atoms. The Morgan fingerprint density at radius 3 is 2.63 bits per heavy atom. The highest BCUT2D eigenvalue weighted by molar-refractivity contribution is 14.0. The number of unbranched alkanes of at least 4 members (excludes halogenated alkanes) is 1. The first kappa shape index (κ1) is 24.2. The lowest BCUT2D eigenvalue weighted by molar-refractivity contribution is 0.179. The molecule has 1 aromatic rings. The molecule has 1 atom stereocenters. The minimum atomic E-state index is 0. The first-order valence-electron chi connectivity index (χ1n) is 9.99. The zero-order chi connectivity index (χ0) is 18.6. The number of halogens is 1. The van der Waals surface area contributed by atoms with Crippen LogP contribution in [-0.2, 0) is 11.2 Å². The highest BCUT2D eigenvalue weighted by atomic mass is 127. The number of piperidine rings is 1. The van der Waals surface area contributed by atoms with Crippen LogP contribution in [0.5, 0.6) is 0 Å². The maximum Gasteiger partial charge on any atom is 0.188 e. The highest BCUT2D eigenvalue weighted by Gasteiger charge is 2.18. The Morgan fingerprint density at radius 1 is 1.26 bits per heavy atom. The van der Waals surface area contributed by atoms with Crippen LogP contribution in [0.4, 0.5) is 0 Å². The van der Waals surface area contributed by atoms with Crippen LogP contribution >= 0.6 is 24.0 Å². The second-order valence-corrected chi connectivity index (χ2v) is 7.45. The number of nitrogens with two attached hydrogens (primary N) is 1. The number of benzene rings is 1. The molecule has 1 heterocycles. The molecule has 5 nitrogen and oxygen atoms in total. The van der Waals surface area contributed by atoms with Gasteiger partial charge in [0.25, 0.3) is 0 Å². The van der Waals surface area contributed by atoms with Gasteiger partial charge in [0.2, 0.25) is 0 Å². The van der Waals surface area contributed by atoms with E-state index in [9.17, 15) is 0 Å². The summed E-state index contributed by atoms with van der Waals surface area (Å²) in [4.78, 5) is 7.00. The summed E-state index contributed by atoms with van der Waals surface area (Å²) in [6.45, 7) is 7.12. The average Bonchev–Trinajstić information content (AvgIpc) is 2.64. The van der Waals surface area contributed by atoms with Gasteiger partial charge >= 0.3 is 0 Å². The number of aliphatic imine (C=N–C) groups is 1. The van der Waals surface area contributed by atoms with Crippen LogP contribution in [0.3, 0.4) is 0 Å². The summed E-state index contributed by atoms with van der Waals surface area (Å²) in [6, 6.07) is 11.1. The van der Waals surface area contributed by atoms with Gasteiger partial charge in [0.15, 0.2) is 5.96 Å². The monoisotopic (exact) mass is 488 g/mol. The number of methoxy groups -OCH3 is 1. The van der Waals surface area contributed by atoms with Crippen molar-refractivity contribution in [3.8, 4) is 0 Å². The Hall–Kier alpha value is -0.860. The van der Waals surface area contributed by atoms with Gasteiger partial charge in [0, 0.05) is 19.7 Å². The number of hydrogen-bond donors (Lipinski definition) is 2. The Morgan fingerprint density at radius 2 is 1.96 bits per heavy atom. The van der Waals surface area contributed by atoms with Crippen LogP contribution in [0.1, 0.15) is 38.2 Å². The highest BCUT2D eigenvalue weighted by Crippen LogP contribution is 2.21. The molecule has 0 aromatic heterocycles. The molecular weight excluding hydrogens is 451 g/mol. The van der Waals surface area contributed by atoms with E-state index in [1.54, 1.807) is 7.11 Å². The van der Waals surface area contributed by atoms with Gasteiger partial charge in [-0.1, -0.05) is 30.3 Å². The van der Waals surface area contributed by atoms with Gasteiger partial charge < -0.3 is 20.7 Å². The fourth-order valence-corrected chi connectivity index (χ4v) is 3.60. The standard InChI is InChI=1S/C21H36N4O.HI/c1-18(17-26-2)24-21(22)23-12-6-7-13-25-14-10-20(11-15-25)16-19-8-4-3-5-9-19;/h3-5,8-9,18,20H,6-7,10-17H2,1-2H3,(H3,22,23,24);1H. The molecule has 0 aliphatic carbocycles. The molecule has 0 amide bonds. The maximum absolute atomic E-state index is 5.88. The molecule has 0 spiro atoms. The predicted molar refractivity (Wildman–Crippen MR) is 125 cm³/mol. The molecule has 0 bridgehead atoms. The van der Waals surface area contributed by atoms with E-state index in [4.69, 9.17) is 10.5 Å². The number of ether oxygens (including phenoxy) is 1. The third-order valence-corrected chi connectivity index (χ3v) is 5.05. The lowest BCUT2D eigenvalue weighted by atomic mass is 9.90. The molecule has 1 fully saturated rings. The number of hydrogen-bond acceptors (Lipinski definition) is 3. The summed E-state index contributed by atoms with van der Waals surface area (Å²) in [5, 5.41) is 3.14. The van der Waals surface area contributed by atoms with E-state index in [1.165, 1.54) is 50.9 Å². The summed E-state index contributed by atoms with van der Waals surface area (Å²) in [7, 11) is 1.69. The SMILES string of the molecule is COCC(C)NC(N)=NCCCCN1CCC(Cc2ccccc2)CC1.I. The molecule has 1 aliphatic rings. The van der Waals surface area contributed by atoms with Gasteiger partial charge in [-0.15, -0.1) is 24.0 Å². The van der Waals surface area contributed by atoms with Crippen molar-refractivity contribution in [3.05, 3.63) is 35.9 Å². The Bertz CT molecular complexity index is 518. The second kappa shape index (κ2) is 14.2. The first-order chi connectivity index (χ1) is 12.7. The molecular formula is C21H37IN4O. The largest absolute Gasteiger partial charge is 0.383 e. The molecule has 1 aliphatic heterocycles. The summed E-state index contributed by atoms with van der Waals surface area (Å²) in [6.07, 6.45) is 6.15. The van der Waals surface area contributed by atoms with Crippen LogP contribution < -0.4 is 11.1 Å². The van der Waals surface area contributed by atoms with E-state index in [0.29, 0.717) is 12.6 Å². The van der Waals surface area contributed by atoms with Crippen molar-refractivity contribution >= 4 is 29.9 Å². The molecule has 2 rings (SSSR count). The molecule has 1 saturated heterocycles. The summed E-state index contributed by atoms with van der Waals surface area (Å²) >= 11 is 0. The van der Waals surface area contributed by atoms with Gasteiger partial charge in [-0.2, -0.15) is 0 Å². The van der Waals surface area contributed by atoms with Crippen molar-refractivity contribution in [3.63, 3.8) is 0 Å². The Labute approximate surface area is 182 Å². The normalized spacial score (nSPS) is 17.3. The van der Waals surface area contributed by atoms with Crippen LogP contribution in [0.25, 0.3) is 0 Å². The number of nitrogens with zero attached hydrogens (tertiary/aromatic N) is 2. The van der Waals surface area contributed by atoms with E-state index in [1.807, 2.05) is 6.92 Å². The number of likely N-dealkylation sites (tertiary alicyclic amines) is 1. The fraction of sp³-hybridized carbons (Fsp3) is 0.667. The Balaban J connectivity index is 0.00000364. The van der Waals surface area contributed by atoms with Gasteiger partial charge in [0.05, 0.1) is 6.61 Å². The molecule has 0 saturated carbocycles. The summed E-state index contributed by atoms with van der Waals surface area (Å²) in [5.41, 5.74) is 7.36. The molecule has 0 radical (unpaired) electrons. The molecule has 154 valence electrons. The van der Waals surface area contributed by atoms with Crippen LogP contribution in [0.2, 0.25) is 0 Å². The third kappa shape index (κ3) is 10.3. The molecule has 3 N–H and O–H groups in total. The van der Waals surface area contributed by atoms with E-state index >= 15 is 0 Å². The minimum Gasteiger partial charge on any atom is -0.383 e. The van der Waals surface area contributed by atoms with Crippen LogP contribution in [-0.4, -0.2) is 56.8 Å². The predicted octanol–water partition coefficient (Wildman–Crippen LogP) is 3.28. The van der Waals surface area contributed by atoms with E-state index in [0.717, 1.165) is 18.9 Å². The van der Waals surface area contributed by atoms with E-state index < -0.39 is 0 Å². The molecule has 1 unspecified atom stereocenters. The van der Waals surface area contributed by atoms with Crippen LogP contribution in [0, 0.1) is 5.92 Å². The Kier molecular flexibility index (Phi) is 12.7. The molecule has 1 aromatic carbocycles. The van der Waals surface area contributed by atoms with Crippen LogP contribution in [0.15, 0.2) is 35.3 Å². The van der Waals surface area contributed by atoms with Crippen molar-refractivity contribution in [2.24, 2.45) is 16.6 Å². The van der Waals surface area contributed by atoms with Gasteiger partial charge in [-0.3, -0.25) is 4.99 Å². The van der Waals surface area contributed by atoms with Gasteiger partial charge in [-0.25, -0.2) is 0 Å². The second-order valence-electron chi connectivity index (χ2n) is 7.45. The number of nitrogens with one attached hydrogen (secondary N) is 1. The topological polar surface area (TPSA) is 62.9 Å². The quantitative estimate of drug-likeness (QED) is 0.230.